The number of hydrogen-bond donors (Lipinski definition) is 2. The lowest BCUT2D eigenvalue weighted by molar-refractivity contribution is 0.0971. The van der Waals surface area contributed by atoms with E-state index < -0.39 is 22.7 Å². The highest BCUT2D eigenvalue weighted by Gasteiger charge is 2.50. The zero-order chi connectivity index (χ0) is 34.9. The molecule has 2 heterocycles. The number of nitrogens with one attached hydrogen (secondary N) is 1. The van der Waals surface area contributed by atoms with E-state index in [0.717, 1.165) is 37.0 Å². The van der Waals surface area contributed by atoms with Crippen LogP contribution in [0.25, 0.3) is 0 Å². The van der Waals surface area contributed by atoms with Crippen LogP contribution in [0.2, 0.25) is 39.1 Å². The van der Waals surface area contributed by atoms with E-state index in [1.807, 2.05) is 0 Å². The normalized spacial score (nSPS) is 21.3. The quantitative estimate of drug-likeness (QED) is 0.121. The van der Waals surface area contributed by atoms with E-state index in [4.69, 9.17) is 20.5 Å². The summed E-state index contributed by atoms with van der Waals surface area (Å²) in [5.41, 5.74) is 2.27. The number of hydrogen-bond acceptors (Lipinski definition) is 8. The molecule has 0 aliphatic heterocycles. The highest BCUT2D eigenvalue weighted by molar-refractivity contribution is 7.18. The molecule has 0 bridgehead atoms. The van der Waals surface area contributed by atoms with Crippen molar-refractivity contribution in [3.05, 3.63) is 38.9 Å². The molecule has 11 heteroatoms. The van der Waals surface area contributed by atoms with Gasteiger partial charge in [0, 0.05) is 36.2 Å². The summed E-state index contributed by atoms with van der Waals surface area (Å²) in [4.78, 5) is 23.0. The fraction of sp³-hybridized carbons (Fsp3) is 0.694. The largest absolute Gasteiger partial charge is 0.416 e. The van der Waals surface area contributed by atoms with Crippen molar-refractivity contribution in [3.8, 4) is 11.8 Å². The molecule has 4 rings (SSSR count). The minimum atomic E-state index is -2.15. The molecule has 260 valence electrons. The molecule has 0 aromatic carbocycles. The van der Waals surface area contributed by atoms with E-state index in [2.05, 4.69) is 103 Å². The summed E-state index contributed by atoms with van der Waals surface area (Å²) < 4.78 is 14.6. The molecule has 2 aromatic heterocycles. The number of nitrogens with zero attached hydrogens (tertiary/aromatic N) is 2. The van der Waals surface area contributed by atoms with Gasteiger partial charge in [0.2, 0.25) is 14.1 Å². The van der Waals surface area contributed by atoms with Crippen molar-refractivity contribution in [2.75, 3.05) is 11.9 Å². The van der Waals surface area contributed by atoms with Crippen LogP contribution in [-0.4, -0.2) is 56.2 Å². The van der Waals surface area contributed by atoms with Crippen LogP contribution in [0.3, 0.4) is 0 Å². The highest BCUT2D eigenvalue weighted by atomic mass is 35.5. The summed E-state index contributed by atoms with van der Waals surface area (Å²) in [6.07, 6.45) is 5.86. The number of aliphatic hydroxyl groups is 1. The van der Waals surface area contributed by atoms with Crippen LogP contribution in [0.15, 0.2) is 18.6 Å². The first-order valence-corrected chi connectivity index (χ1v) is 23.5. The Bertz CT molecular complexity index is 1440. The molecule has 2 saturated carbocycles. The van der Waals surface area contributed by atoms with Gasteiger partial charge < -0.3 is 19.3 Å². The van der Waals surface area contributed by atoms with Gasteiger partial charge >= 0.3 is 0 Å². The first kappa shape index (κ1) is 38.2. The maximum absolute atomic E-state index is 13.8. The van der Waals surface area contributed by atoms with E-state index >= 15 is 0 Å². The zero-order valence-corrected chi connectivity index (χ0v) is 33.8. The summed E-state index contributed by atoms with van der Waals surface area (Å²) in [6.45, 7) is 26.1. The average Bonchev–Trinajstić information content (AvgIpc) is 3.62. The SMILES string of the molecule is CC(C)[Si](O[C@H]1C[C@H](Nc2ncncc2C(=O)c2cc([C@@H](O)C#CC3CC3)c(Cl)s2)C[C@@H]1CO[Si](C)(C)C(C)(C)C)(C(C)C)C(C)C. The molecule has 0 unspecified atom stereocenters. The van der Waals surface area contributed by atoms with Gasteiger partial charge in [-0.1, -0.05) is 85.8 Å². The number of aromatic nitrogens is 2. The van der Waals surface area contributed by atoms with Gasteiger partial charge in [0.05, 0.1) is 16.5 Å². The van der Waals surface area contributed by atoms with Gasteiger partial charge in [-0.2, -0.15) is 0 Å². The van der Waals surface area contributed by atoms with Crippen LogP contribution in [0.1, 0.15) is 115 Å². The smallest absolute Gasteiger partial charge is 0.208 e. The minimum absolute atomic E-state index is 0.0500. The monoisotopic (exact) mass is 717 g/mol. The number of halogens is 1. The number of aliphatic hydroxyl groups excluding tert-OH is 1. The van der Waals surface area contributed by atoms with Crippen LogP contribution >= 0.6 is 22.9 Å². The Kier molecular flexibility index (Phi) is 12.3. The van der Waals surface area contributed by atoms with Crippen LogP contribution in [-0.2, 0) is 8.85 Å². The Balaban J connectivity index is 1.58. The van der Waals surface area contributed by atoms with Crippen LogP contribution in [0.5, 0.6) is 0 Å². The lowest BCUT2D eigenvalue weighted by Crippen LogP contribution is -2.51. The third-order valence-corrected chi connectivity index (χ3v) is 22.7. The standard InChI is InChI=1S/C36H56ClN3O4SSi2/c1-22(2)47(23(3)4,24(5)6)44-31-17-27(16-26(31)20-43-46(10,11)36(7,8)9)40-35-29(19-38-21-39-35)33(42)32-18-28(34(37)45-32)30(41)15-14-25-12-13-25/h18-19,21-27,30-31,41H,12-13,16-17,20H2,1-11H3,(H,38,39,40)/t26-,27-,30+,31+/m1/s1. The summed E-state index contributed by atoms with van der Waals surface area (Å²) in [5, 5.41) is 14.4. The fourth-order valence-electron chi connectivity index (χ4n) is 6.85. The molecule has 0 amide bonds. The molecule has 47 heavy (non-hydrogen) atoms. The molecule has 2 aromatic rings. The number of rotatable bonds is 13. The van der Waals surface area contributed by atoms with Crippen molar-refractivity contribution in [1.82, 2.24) is 9.97 Å². The molecule has 2 aliphatic carbocycles. The van der Waals surface area contributed by atoms with Crippen LogP contribution in [0, 0.1) is 23.7 Å². The Hall–Kier alpha value is -1.59. The van der Waals surface area contributed by atoms with Gasteiger partial charge in [-0.3, -0.25) is 4.79 Å². The topological polar surface area (TPSA) is 93.6 Å². The van der Waals surface area contributed by atoms with E-state index in [1.54, 1.807) is 12.3 Å². The molecule has 2 fully saturated rings. The Labute approximate surface area is 294 Å². The molecule has 0 spiro atoms. The summed E-state index contributed by atoms with van der Waals surface area (Å²) in [6, 6.07) is 1.70. The van der Waals surface area contributed by atoms with Crippen molar-refractivity contribution in [1.29, 1.82) is 0 Å². The number of carbonyl (C=O) groups excluding carboxylic acids is 1. The van der Waals surface area contributed by atoms with Gasteiger partial charge in [0.15, 0.2) is 8.32 Å². The molecule has 7 nitrogen and oxygen atoms in total. The van der Waals surface area contributed by atoms with E-state index in [1.165, 1.54) is 6.33 Å². The number of anilines is 1. The van der Waals surface area contributed by atoms with Gasteiger partial charge in [0.1, 0.15) is 22.6 Å². The van der Waals surface area contributed by atoms with Crippen molar-refractivity contribution in [2.45, 2.75) is 141 Å². The molecular weight excluding hydrogens is 662 g/mol. The van der Waals surface area contributed by atoms with Gasteiger partial charge in [0.25, 0.3) is 0 Å². The Morgan fingerprint density at radius 1 is 1.13 bits per heavy atom. The number of carbonyl (C=O) groups is 1. The van der Waals surface area contributed by atoms with Crippen LogP contribution < -0.4 is 5.32 Å². The lowest BCUT2D eigenvalue weighted by Gasteiger charge is -2.45. The zero-order valence-electron chi connectivity index (χ0n) is 30.2. The predicted molar refractivity (Wildman–Crippen MR) is 199 cm³/mol. The Morgan fingerprint density at radius 3 is 2.34 bits per heavy atom. The predicted octanol–water partition coefficient (Wildman–Crippen LogP) is 9.64. The van der Waals surface area contributed by atoms with Crippen molar-refractivity contribution in [2.24, 2.45) is 11.8 Å². The van der Waals surface area contributed by atoms with Gasteiger partial charge in [-0.25, -0.2) is 9.97 Å². The molecule has 2 N–H and O–H groups in total. The van der Waals surface area contributed by atoms with Gasteiger partial charge in [-0.05, 0) is 66.5 Å². The second-order valence-corrected chi connectivity index (χ2v) is 27.9. The third kappa shape index (κ3) is 8.78. The van der Waals surface area contributed by atoms with E-state index in [9.17, 15) is 9.90 Å². The molecular formula is C36H56ClN3O4SSi2. The highest BCUT2D eigenvalue weighted by Crippen LogP contribution is 2.47. The van der Waals surface area contributed by atoms with Crippen molar-refractivity contribution in [3.63, 3.8) is 0 Å². The van der Waals surface area contributed by atoms with Crippen molar-refractivity contribution >= 4 is 51.2 Å². The van der Waals surface area contributed by atoms with Crippen molar-refractivity contribution < 1.29 is 18.8 Å². The Morgan fingerprint density at radius 2 is 1.77 bits per heavy atom. The average molecular weight is 719 g/mol. The maximum Gasteiger partial charge on any atom is 0.208 e. The first-order chi connectivity index (χ1) is 21.9. The lowest BCUT2D eigenvalue weighted by atomic mass is 10.1. The number of thiophene rings is 1. The van der Waals surface area contributed by atoms with Crippen LogP contribution in [0.4, 0.5) is 5.82 Å². The summed E-state index contributed by atoms with van der Waals surface area (Å²) >= 11 is 7.64. The fourth-order valence-corrected chi connectivity index (χ4v) is 14.8. The summed E-state index contributed by atoms with van der Waals surface area (Å²) in [7, 11) is -4.12. The third-order valence-electron chi connectivity index (χ3n) is 10.7. The second-order valence-electron chi connectivity index (χ2n) is 16.0. The van der Waals surface area contributed by atoms with Gasteiger partial charge in [-0.15, -0.1) is 11.3 Å². The minimum Gasteiger partial charge on any atom is -0.416 e. The second kappa shape index (κ2) is 15.1. The molecule has 0 radical (unpaired) electrons. The number of ketones is 1. The van der Waals surface area contributed by atoms with E-state index in [-0.39, 0.29) is 28.9 Å². The van der Waals surface area contributed by atoms with E-state index in [0.29, 0.717) is 55.3 Å². The summed E-state index contributed by atoms with van der Waals surface area (Å²) in [5.74, 6) is 6.82. The maximum atomic E-state index is 13.8. The molecule has 0 saturated heterocycles. The molecule has 2 aliphatic rings. The molecule has 4 atom stereocenters. The first-order valence-electron chi connectivity index (χ1n) is 17.3.